The van der Waals surface area contributed by atoms with Gasteiger partial charge in [0, 0.05) is 13.0 Å². The number of hydrogen-bond donors (Lipinski definition) is 1. The maximum Gasteiger partial charge on any atom is 0.0939 e. The van der Waals surface area contributed by atoms with Gasteiger partial charge in [0.1, 0.15) is 0 Å². The lowest BCUT2D eigenvalue weighted by atomic mass is 9.91. The summed E-state index contributed by atoms with van der Waals surface area (Å²) >= 11 is 0. The van der Waals surface area contributed by atoms with Gasteiger partial charge in [0.15, 0.2) is 0 Å². The Hall–Kier alpha value is -0.520. The Balaban J connectivity index is 2.44. The van der Waals surface area contributed by atoms with Gasteiger partial charge in [-0.15, -0.1) is 12.3 Å². The fraction of sp³-hybridized carbons (Fsp3) is 0.846. The SMILES string of the molecule is C#CCCCC(O)C1(OCC)CCCC1. The van der Waals surface area contributed by atoms with E-state index in [1.807, 2.05) is 6.92 Å². The first-order valence-electron chi connectivity index (χ1n) is 6.00. The Kier molecular flexibility index (Phi) is 5.14. The molecule has 2 nitrogen and oxygen atoms in total. The summed E-state index contributed by atoms with van der Waals surface area (Å²) in [5.41, 5.74) is -0.261. The van der Waals surface area contributed by atoms with E-state index in [1.165, 1.54) is 12.8 Å². The summed E-state index contributed by atoms with van der Waals surface area (Å²) in [5.74, 6) is 2.61. The van der Waals surface area contributed by atoms with Gasteiger partial charge < -0.3 is 9.84 Å². The van der Waals surface area contributed by atoms with Gasteiger partial charge in [-0.05, 0) is 32.6 Å². The van der Waals surface area contributed by atoms with E-state index in [2.05, 4.69) is 5.92 Å². The number of terminal acetylenes is 1. The molecular weight excluding hydrogens is 188 g/mol. The fourth-order valence-electron chi connectivity index (χ4n) is 2.50. The predicted molar refractivity (Wildman–Crippen MR) is 61.5 cm³/mol. The summed E-state index contributed by atoms with van der Waals surface area (Å²) in [5, 5.41) is 10.2. The zero-order valence-corrected chi connectivity index (χ0v) is 9.67. The summed E-state index contributed by atoms with van der Waals surface area (Å²) in [7, 11) is 0. The monoisotopic (exact) mass is 210 g/mol. The van der Waals surface area contributed by atoms with E-state index in [-0.39, 0.29) is 11.7 Å². The van der Waals surface area contributed by atoms with Crippen LogP contribution in [-0.2, 0) is 4.74 Å². The molecule has 0 radical (unpaired) electrons. The number of unbranched alkanes of at least 4 members (excludes halogenated alkanes) is 1. The van der Waals surface area contributed by atoms with Crippen molar-refractivity contribution in [2.45, 2.75) is 63.6 Å². The molecule has 0 aromatic heterocycles. The molecule has 15 heavy (non-hydrogen) atoms. The number of rotatable bonds is 6. The third-order valence-electron chi connectivity index (χ3n) is 3.29. The van der Waals surface area contributed by atoms with Crippen LogP contribution in [0.2, 0.25) is 0 Å². The summed E-state index contributed by atoms with van der Waals surface area (Å²) in [6, 6.07) is 0. The predicted octanol–water partition coefficient (Wildman–Crippen LogP) is 2.50. The van der Waals surface area contributed by atoms with Crippen LogP contribution in [0.1, 0.15) is 51.9 Å². The maximum absolute atomic E-state index is 10.2. The van der Waals surface area contributed by atoms with Crippen molar-refractivity contribution in [3.05, 3.63) is 0 Å². The Labute approximate surface area is 93.0 Å². The minimum absolute atomic E-state index is 0.261. The third-order valence-corrected chi connectivity index (χ3v) is 3.29. The van der Waals surface area contributed by atoms with Crippen LogP contribution in [0.3, 0.4) is 0 Å². The second-order valence-electron chi connectivity index (χ2n) is 4.32. The van der Waals surface area contributed by atoms with Crippen molar-refractivity contribution in [3.8, 4) is 12.3 Å². The van der Waals surface area contributed by atoms with Crippen LogP contribution < -0.4 is 0 Å². The minimum atomic E-state index is -0.340. The lowest BCUT2D eigenvalue weighted by Gasteiger charge is -2.34. The minimum Gasteiger partial charge on any atom is -0.390 e. The molecule has 1 fully saturated rings. The highest BCUT2D eigenvalue weighted by Gasteiger charge is 2.40. The molecule has 0 spiro atoms. The third kappa shape index (κ3) is 3.22. The molecule has 0 amide bonds. The van der Waals surface area contributed by atoms with Crippen molar-refractivity contribution < 1.29 is 9.84 Å². The summed E-state index contributed by atoms with van der Waals surface area (Å²) < 4.78 is 5.78. The molecule has 0 heterocycles. The quantitative estimate of drug-likeness (QED) is 0.539. The van der Waals surface area contributed by atoms with E-state index in [0.29, 0.717) is 6.61 Å². The van der Waals surface area contributed by atoms with E-state index in [4.69, 9.17) is 11.2 Å². The molecule has 1 N–H and O–H groups in total. The van der Waals surface area contributed by atoms with Crippen molar-refractivity contribution in [2.75, 3.05) is 6.61 Å². The Morgan fingerprint density at radius 2 is 2.13 bits per heavy atom. The fourth-order valence-corrected chi connectivity index (χ4v) is 2.50. The van der Waals surface area contributed by atoms with Crippen molar-refractivity contribution >= 4 is 0 Å². The van der Waals surface area contributed by atoms with E-state index < -0.39 is 0 Å². The second-order valence-corrected chi connectivity index (χ2v) is 4.32. The number of aliphatic hydroxyl groups is 1. The maximum atomic E-state index is 10.2. The molecule has 2 heteroatoms. The van der Waals surface area contributed by atoms with Gasteiger partial charge in [-0.3, -0.25) is 0 Å². The first-order valence-corrected chi connectivity index (χ1v) is 6.00. The molecular formula is C13H22O2. The van der Waals surface area contributed by atoms with Crippen LogP contribution >= 0.6 is 0 Å². The highest BCUT2D eigenvalue weighted by Crippen LogP contribution is 2.37. The molecule has 1 aliphatic rings. The van der Waals surface area contributed by atoms with Gasteiger partial charge >= 0.3 is 0 Å². The molecule has 0 aliphatic heterocycles. The number of hydrogen-bond acceptors (Lipinski definition) is 2. The zero-order chi connectivity index (χ0) is 11.1. The van der Waals surface area contributed by atoms with Crippen molar-refractivity contribution in [1.29, 1.82) is 0 Å². The van der Waals surface area contributed by atoms with Crippen LogP contribution in [-0.4, -0.2) is 23.4 Å². The largest absolute Gasteiger partial charge is 0.390 e. The van der Waals surface area contributed by atoms with Crippen molar-refractivity contribution in [3.63, 3.8) is 0 Å². The van der Waals surface area contributed by atoms with Crippen molar-refractivity contribution in [1.82, 2.24) is 0 Å². The first-order chi connectivity index (χ1) is 7.25. The summed E-state index contributed by atoms with van der Waals surface area (Å²) in [4.78, 5) is 0. The summed E-state index contributed by atoms with van der Waals surface area (Å²) in [6.07, 6.45) is 11.6. The van der Waals surface area contributed by atoms with Gasteiger partial charge in [-0.25, -0.2) is 0 Å². The van der Waals surface area contributed by atoms with E-state index >= 15 is 0 Å². The van der Waals surface area contributed by atoms with E-state index in [9.17, 15) is 5.11 Å². The Bertz CT molecular complexity index is 211. The molecule has 86 valence electrons. The molecule has 1 rings (SSSR count). The number of aliphatic hydroxyl groups excluding tert-OH is 1. The van der Waals surface area contributed by atoms with Crippen LogP contribution in [0, 0.1) is 12.3 Å². The molecule has 0 saturated heterocycles. The van der Waals surface area contributed by atoms with Gasteiger partial charge in [-0.1, -0.05) is 12.8 Å². The standard InChI is InChI=1S/C13H22O2/c1-3-5-6-9-12(14)13(15-4-2)10-7-8-11-13/h1,12,14H,4-11H2,2H3. The van der Waals surface area contributed by atoms with Gasteiger partial charge in [0.2, 0.25) is 0 Å². The molecule has 1 unspecified atom stereocenters. The highest BCUT2D eigenvalue weighted by molar-refractivity contribution is 4.93. The van der Waals surface area contributed by atoms with Gasteiger partial charge in [0.05, 0.1) is 11.7 Å². The van der Waals surface area contributed by atoms with Gasteiger partial charge in [0.25, 0.3) is 0 Å². The molecule has 0 aromatic carbocycles. The van der Waals surface area contributed by atoms with Crippen LogP contribution in [0.5, 0.6) is 0 Å². The smallest absolute Gasteiger partial charge is 0.0939 e. The van der Waals surface area contributed by atoms with Crippen LogP contribution in [0.25, 0.3) is 0 Å². The average Bonchev–Trinajstić information content (AvgIpc) is 2.68. The second kappa shape index (κ2) is 6.15. The Morgan fingerprint density at radius 1 is 1.47 bits per heavy atom. The molecule has 0 aromatic rings. The zero-order valence-electron chi connectivity index (χ0n) is 9.67. The normalized spacial score (nSPS) is 21.1. The number of ether oxygens (including phenoxy) is 1. The van der Waals surface area contributed by atoms with Crippen LogP contribution in [0.15, 0.2) is 0 Å². The van der Waals surface area contributed by atoms with Crippen LogP contribution in [0.4, 0.5) is 0 Å². The Morgan fingerprint density at radius 3 is 2.67 bits per heavy atom. The summed E-state index contributed by atoms with van der Waals surface area (Å²) in [6.45, 7) is 2.68. The lowest BCUT2D eigenvalue weighted by Crippen LogP contribution is -2.42. The van der Waals surface area contributed by atoms with Crippen molar-refractivity contribution in [2.24, 2.45) is 0 Å². The van der Waals surface area contributed by atoms with E-state index in [1.54, 1.807) is 0 Å². The van der Waals surface area contributed by atoms with E-state index in [0.717, 1.165) is 32.1 Å². The molecule has 1 aliphatic carbocycles. The topological polar surface area (TPSA) is 29.5 Å². The average molecular weight is 210 g/mol. The molecule has 0 bridgehead atoms. The first kappa shape index (κ1) is 12.5. The lowest BCUT2D eigenvalue weighted by molar-refractivity contribution is -0.118. The van der Waals surface area contributed by atoms with Gasteiger partial charge in [-0.2, -0.15) is 0 Å². The molecule has 1 atom stereocenters. The molecule has 1 saturated carbocycles. The highest BCUT2D eigenvalue weighted by atomic mass is 16.5.